The molecule has 5 heteroatoms. The lowest BCUT2D eigenvalue weighted by atomic mass is 10.0. The van der Waals surface area contributed by atoms with Crippen molar-refractivity contribution in [2.45, 2.75) is 32.2 Å². The van der Waals surface area contributed by atoms with Gasteiger partial charge in [0.25, 0.3) is 0 Å². The molecule has 0 aliphatic rings. The maximum absolute atomic E-state index is 11.2. The zero-order valence-corrected chi connectivity index (χ0v) is 11.2. The topological polar surface area (TPSA) is 75.6 Å². The van der Waals surface area contributed by atoms with Gasteiger partial charge in [0.15, 0.2) is 0 Å². The minimum Gasteiger partial charge on any atom is -0.496 e. The summed E-state index contributed by atoms with van der Waals surface area (Å²) in [5.74, 6) is -0.283. The Bertz CT molecular complexity index is 445. The first-order valence-corrected chi connectivity index (χ1v) is 6.13. The molecule has 0 saturated heterocycles. The monoisotopic (exact) mass is 265 g/mol. The van der Waals surface area contributed by atoms with Crippen LogP contribution in [0.5, 0.6) is 5.75 Å². The zero-order chi connectivity index (χ0) is 14.3. The van der Waals surface area contributed by atoms with Crippen molar-refractivity contribution in [3.63, 3.8) is 0 Å². The predicted octanol–water partition coefficient (Wildman–Crippen LogP) is 1.61. The molecule has 1 aromatic rings. The van der Waals surface area contributed by atoms with Gasteiger partial charge in [-0.3, -0.25) is 9.59 Å². The fourth-order valence-corrected chi connectivity index (χ4v) is 1.95. The molecule has 0 heterocycles. The van der Waals surface area contributed by atoms with E-state index in [4.69, 9.17) is 9.84 Å². The molecule has 0 spiro atoms. The van der Waals surface area contributed by atoms with Crippen LogP contribution in [0.2, 0.25) is 0 Å². The maximum atomic E-state index is 11.2. The molecule has 0 aliphatic heterocycles. The molecule has 2 N–H and O–H groups in total. The standard InChI is InChI=1S/C14H19NO4/c1-10(16)15-12(7-8-14(17)18)9-11-5-3-4-6-13(11)19-2/h3-6,12H,7-9H2,1-2H3,(H,15,16)(H,17,18). The third-order valence-corrected chi connectivity index (χ3v) is 2.77. The second-order valence-corrected chi connectivity index (χ2v) is 4.35. The molecule has 1 amide bonds. The highest BCUT2D eigenvalue weighted by Gasteiger charge is 2.15. The molecule has 0 saturated carbocycles. The smallest absolute Gasteiger partial charge is 0.303 e. The summed E-state index contributed by atoms with van der Waals surface area (Å²) >= 11 is 0. The minimum absolute atomic E-state index is 0.0279. The number of hydrogen-bond acceptors (Lipinski definition) is 3. The summed E-state index contributed by atoms with van der Waals surface area (Å²) in [4.78, 5) is 21.8. The highest BCUT2D eigenvalue weighted by atomic mass is 16.5. The molecule has 0 radical (unpaired) electrons. The number of nitrogens with one attached hydrogen (secondary N) is 1. The number of hydrogen-bond donors (Lipinski definition) is 2. The second kappa shape index (κ2) is 7.41. The van der Waals surface area contributed by atoms with Crippen LogP contribution in [0.15, 0.2) is 24.3 Å². The van der Waals surface area contributed by atoms with E-state index in [2.05, 4.69) is 5.32 Å². The maximum Gasteiger partial charge on any atom is 0.303 e. The number of rotatable bonds is 7. The average Bonchev–Trinajstić information content (AvgIpc) is 2.36. The normalized spacial score (nSPS) is 11.7. The van der Waals surface area contributed by atoms with Gasteiger partial charge in [0, 0.05) is 19.4 Å². The van der Waals surface area contributed by atoms with Gasteiger partial charge in [-0.15, -0.1) is 0 Å². The first-order chi connectivity index (χ1) is 9.02. The van der Waals surface area contributed by atoms with Crippen LogP contribution in [0, 0.1) is 0 Å². The van der Waals surface area contributed by atoms with E-state index >= 15 is 0 Å². The summed E-state index contributed by atoms with van der Waals surface area (Å²) in [6, 6.07) is 7.31. The molecule has 0 aromatic heterocycles. The Balaban J connectivity index is 2.74. The Labute approximate surface area is 112 Å². The number of methoxy groups -OCH3 is 1. The minimum atomic E-state index is -0.865. The van der Waals surface area contributed by atoms with E-state index in [1.165, 1.54) is 6.92 Å². The van der Waals surface area contributed by atoms with Crippen LogP contribution in [0.3, 0.4) is 0 Å². The molecule has 0 bridgehead atoms. The van der Waals surface area contributed by atoms with E-state index in [1.54, 1.807) is 7.11 Å². The third kappa shape index (κ3) is 5.42. The van der Waals surface area contributed by atoms with Gasteiger partial charge in [-0.25, -0.2) is 0 Å². The fourth-order valence-electron chi connectivity index (χ4n) is 1.95. The quantitative estimate of drug-likeness (QED) is 0.785. The number of carbonyl (C=O) groups excluding carboxylic acids is 1. The first-order valence-electron chi connectivity index (χ1n) is 6.13. The predicted molar refractivity (Wildman–Crippen MR) is 71.2 cm³/mol. The number of carboxylic acids is 1. The van der Waals surface area contributed by atoms with Gasteiger partial charge in [0.2, 0.25) is 5.91 Å². The summed E-state index contributed by atoms with van der Waals surface area (Å²) in [5.41, 5.74) is 0.953. The largest absolute Gasteiger partial charge is 0.496 e. The number of aliphatic carboxylic acids is 1. The van der Waals surface area contributed by atoms with Gasteiger partial charge in [-0.05, 0) is 24.5 Å². The van der Waals surface area contributed by atoms with Gasteiger partial charge in [0.05, 0.1) is 7.11 Å². The molecular weight excluding hydrogens is 246 g/mol. The van der Waals surface area contributed by atoms with E-state index in [0.717, 1.165) is 11.3 Å². The number of benzene rings is 1. The van der Waals surface area contributed by atoms with Crippen molar-refractivity contribution >= 4 is 11.9 Å². The lowest BCUT2D eigenvalue weighted by Crippen LogP contribution is -2.35. The molecule has 5 nitrogen and oxygen atoms in total. The van der Waals surface area contributed by atoms with Gasteiger partial charge in [-0.1, -0.05) is 18.2 Å². The van der Waals surface area contributed by atoms with Crippen LogP contribution < -0.4 is 10.1 Å². The molecule has 1 atom stereocenters. The Morgan fingerprint density at radius 3 is 2.63 bits per heavy atom. The van der Waals surface area contributed by atoms with Crippen LogP contribution in [-0.2, 0) is 16.0 Å². The molecule has 0 aliphatic carbocycles. The van der Waals surface area contributed by atoms with E-state index in [9.17, 15) is 9.59 Å². The Kier molecular flexibility index (Phi) is 5.85. The highest BCUT2D eigenvalue weighted by molar-refractivity contribution is 5.73. The van der Waals surface area contributed by atoms with Crippen LogP contribution in [0.25, 0.3) is 0 Å². The second-order valence-electron chi connectivity index (χ2n) is 4.35. The number of amides is 1. The molecule has 104 valence electrons. The van der Waals surface area contributed by atoms with Crippen molar-refractivity contribution in [2.24, 2.45) is 0 Å². The summed E-state index contributed by atoms with van der Waals surface area (Å²) in [6.07, 6.45) is 0.976. The van der Waals surface area contributed by atoms with E-state index in [-0.39, 0.29) is 18.4 Å². The average molecular weight is 265 g/mol. The summed E-state index contributed by atoms with van der Waals surface area (Å²) in [6.45, 7) is 1.43. The van der Waals surface area contributed by atoms with Gasteiger partial charge < -0.3 is 15.2 Å². The first kappa shape index (κ1) is 15.0. The highest BCUT2D eigenvalue weighted by Crippen LogP contribution is 2.20. The van der Waals surface area contributed by atoms with Gasteiger partial charge in [-0.2, -0.15) is 0 Å². The Hall–Kier alpha value is -2.04. The third-order valence-electron chi connectivity index (χ3n) is 2.77. The van der Waals surface area contributed by atoms with E-state index in [0.29, 0.717) is 12.8 Å². The number of ether oxygens (including phenoxy) is 1. The number of para-hydroxylation sites is 1. The Morgan fingerprint density at radius 1 is 1.37 bits per heavy atom. The molecule has 1 rings (SSSR count). The summed E-state index contributed by atoms with van der Waals surface area (Å²) < 4.78 is 5.25. The van der Waals surface area contributed by atoms with Crippen molar-refractivity contribution in [3.05, 3.63) is 29.8 Å². The van der Waals surface area contributed by atoms with Crippen LogP contribution >= 0.6 is 0 Å². The molecule has 1 unspecified atom stereocenters. The Morgan fingerprint density at radius 2 is 2.05 bits per heavy atom. The van der Waals surface area contributed by atoms with Crippen LogP contribution in [0.1, 0.15) is 25.3 Å². The molecule has 19 heavy (non-hydrogen) atoms. The summed E-state index contributed by atoms with van der Waals surface area (Å²) in [7, 11) is 1.59. The SMILES string of the molecule is COc1ccccc1CC(CCC(=O)O)NC(C)=O. The van der Waals surface area contributed by atoms with Crippen molar-refractivity contribution in [1.82, 2.24) is 5.32 Å². The molecule has 0 fully saturated rings. The van der Waals surface area contributed by atoms with E-state index < -0.39 is 5.97 Å². The van der Waals surface area contributed by atoms with Crippen molar-refractivity contribution in [1.29, 1.82) is 0 Å². The lowest BCUT2D eigenvalue weighted by molar-refractivity contribution is -0.137. The van der Waals surface area contributed by atoms with Crippen molar-refractivity contribution in [3.8, 4) is 5.75 Å². The lowest BCUT2D eigenvalue weighted by Gasteiger charge is -2.18. The van der Waals surface area contributed by atoms with E-state index in [1.807, 2.05) is 24.3 Å². The fraction of sp³-hybridized carbons (Fsp3) is 0.429. The zero-order valence-electron chi connectivity index (χ0n) is 11.2. The van der Waals surface area contributed by atoms with Gasteiger partial charge in [0.1, 0.15) is 5.75 Å². The number of carboxylic acid groups (broad SMARTS) is 1. The van der Waals surface area contributed by atoms with Gasteiger partial charge >= 0.3 is 5.97 Å². The van der Waals surface area contributed by atoms with Crippen LogP contribution in [0.4, 0.5) is 0 Å². The van der Waals surface area contributed by atoms with Crippen molar-refractivity contribution in [2.75, 3.05) is 7.11 Å². The number of carbonyl (C=O) groups is 2. The van der Waals surface area contributed by atoms with Crippen molar-refractivity contribution < 1.29 is 19.4 Å². The molecule has 1 aromatic carbocycles. The summed E-state index contributed by atoms with van der Waals surface area (Å²) in [5, 5.41) is 11.5. The van der Waals surface area contributed by atoms with Crippen LogP contribution in [-0.4, -0.2) is 30.1 Å². The molecular formula is C14H19NO4.